The van der Waals surface area contributed by atoms with Gasteiger partial charge in [0.25, 0.3) is 0 Å². The third kappa shape index (κ3) is 3.21. The van der Waals surface area contributed by atoms with Crippen molar-refractivity contribution in [1.29, 1.82) is 0 Å². The Morgan fingerprint density at radius 1 is 1.40 bits per heavy atom. The molecule has 0 bridgehead atoms. The van der Waals surface area contributed by atoms with Crippen LogP contribution >= 0.6 is 15.9 Å². The molecule has 0 amide bonds. The molecule has 0 saturated heterocycles. The van der Waals surface area contributed by atoms with Crippen molar-refractivity contribution in [3.8, 4) is 0 Å². The predicted molar refractivity (Wildman–Crippen MR) is 78.0 cm³/mol. The van der Waals surface area contributed by atoms with Gasteiger partial charge in [-0.1, -0.05) is 28.4 Å². The van der Waals surface area contributed by atoms with E-state index in [9.17, 15) is 13.2 Å². The zero-order chi connectivity index (χ0) is 14.9. The molecular formula is C13H16BrNO4S. The van der Waals surface area contributed by atoms with E-state index in [1.807, 2.05) is 0 Å². The molecule has 0 heterocycles. The summed E-state index contributed by atoms with van der Waals surface area (Å²) in [6, 6.07) is 4.48. The SMILES string of the molecule is Cc1ccc(Br)cc1S(=O)(=O)NC1CCCC1C(=O)O. The highest BCUT2D eigenvalue weighted by molar-refractivity contribution is 9.10. The number of aliphatic carboxylic acids is 1. The van der Waals surface area contributed by atoms with Crippen LogP contribution in [0.25, 0.3) is 0 Å². The number of aryl methyl sites for hydroxylation is 1. The summed E-state index contributed by atoms with van der Waals surface area (Å²) in [4.78, 5) is 11.3. The molecule has 0 aromatic heterocycles. The van der Waals surface area contributed by atoms with Crippen LogP contribution in [-0.4, -0.2) is 25.5 Å². The number of carboxylic acid groups (broad SMARTS) is 1. The van der Waals surface area contributed by atoms with Gasteiger partial charge in [-0.15, -0.1) is 0 Å². The fourth-order valence-corrected chi connectivity index (χ4v) is 4.62. The molecular weight excluding hydrogens is 346 g/mol. The first-order valence-electron chi connectivity index (χ1n) is 6.32. The highest BCUT2D eigenvalue weighted by Gasteiger charge is 2.36. The Labute approximate surface area is 126 Å². The summed E-state index contributed by atoms with van der Waals surface area (Å²) in [5.74, 6) is -1.58. The third-order valence-electron chi connectivity index (χ3n) is 3.58. The first-order valence-corrected chi connectivity index (χ1v) is 8.60. The van der Waals surface area contributed by atoms with E-state index in [2.05, 4.69) is 20.7 Å². The minimum atomic E-state index is -3.71. The number of rotatable bonds is 4. The van der Waals surface area contributed by atoms with Crippen LogP contribution in [0.5, 0.6) is 0 Å². The van der Waals surface area contributed by atoms with Crippen LogP contribution in [0.15, 0.2) is 27.6 Å². The summed E-state index contributed by atoms with van der Waals surface area (Å²) in [5, 5.41) is 9.11. The summed E-state index contributed by atoms with van der Waals surface area (Å²) in [6.45, 7) is 1.71. The van der Waals surface area contributed by atoms with Crippen LogP contribution in [0.1, 0.15) is 24.8 Å². The van der Waals surface area contributed by atoms with Crippen LogP contribution in [0.3, 0.4) is 0 Å². The number of hydrogen-bond donors (Lipinski definition) is 2. The van der Waals surface area contributed by atoms with Crippen molar-refractivity contribution in [1.82, 2.24) is 4.72 Å². The lowest BCUT2D eigenvalue weighted by molar-refractivity contribution is -0.141. The Kier molecular flexibility index (Phi) is 4.51. The molecule has 1 aliphatic rings. The molecule has 2 rings (SSSR count). The average Bonchev–Trinajstić information content (AvgIpc) is 2.79. The van der Waals surface area contributed by atoms with Crippen molar-refractivity contribution in [3.05, 3.63) is 28.2 Å². The highest BCUT2D eigenvalue weighted by Crippen LogP contribution is 2.28. The van der Waals surface area contributed by atoms with Gasteiger partial charge in [0.05, 0.1) is 10.8 Å². The van der Waals surface area contributed by atoms with Gasteiger partial charge in [0, 0.05) is 10.5 Å². The largest absolute Gasteiger partial charge is 0.481 e. The molecule has 110 valence electrons. The second-order valence-corrected chi connectivity index (χ2v) is 7.61. The van der Waals surface area contributed by atoms with E-state index in [1.54, 1.807) is 19.1 Å². The molecule has 2 unspecified atom stereocenters. The molecule has 7 heteroatoms. The molecule has 1 aromatic carbocycles. The van der Waals surface area contributed by atoms with Gasteiger partial charge >= 0.3 is 5.97 Å². The minimum Gasteiger partial charge on any atom is -0.481 e. The minimum absolute atomic E-state index is 0.183. The van der Waals surface area contributed by atoms with E-state index in [4.69, 9.17) is 5.11 Å². The maximum absolute atomic E-state index is 12.4. The lowest BCUT2D eigenvalue weighted by Crippen LogP contribution is -2.40. The standard InChI is InChI=1S/C13H16BrNO4S/c1-8-5-6-9(14)7-12(8)20(18,19)15-11-4-2-3-10(11)13(16)17/h5-7,10-11,15H,2-4H2,1H3,(H,16,17). The number of carbonyl (C=O) groups is 1. The van der Waals surface area contributed by atoms with Gasteiger partial charge in [0.1, 0.15) is 0 Å². The second-order valence-electron chi connectivity index (χ2n) is 5.01. The zero-order valence-corrected chi connectivity index (χ0v) is 13.4. The van der Waals surface area contributed by atoms with E-state index in [1.165, 1.54) is 6.07 Å². The Morgan fingerprint density at radius 3 is 2.75 bits per heavy atom. The first kappa shape index (κ1) is 15.5. The van der Waals surface area contributed by atoms with Crippen LogP contribution in [0, 0.1) is 12.8 Å². The molecule has 0 radical (unpaired) electrons. The summed E-state index contributed by atoms with van der Waals surface area (Å²) in [7, 11) is -3.71. The quantitative estimate of drug-likeness (QED) is 0.861. The van der Waals surface area contributed by atoms with Gasteiger partial charge < -0.3 is 5.11 Å². The van der Waals surface area contributed by atoms with Crippen molar-refractivity contribution >= 4 is 31.9 Å². The normalized spacial score (nSPS) is 22.9. The third-order valence-corrected chi connectivity index (χ3v) is 5.70. The molecule has 0 aliphatic heterocycles. The van der Waals surface area contributed by atoms with E-state index >= 15 is 0 Å². The summed E-state index contributed by atoms with van der Waals surface area (Å²) < 4.78 is 28.0. The number of sulfonamides is 1. The average molecular weight is 362 g/mol. The van der Waals surface area contributed by atoms with Gasteiger partial charge in [-0.05, 0) is 37.5 Å². The molecule has 2 atom stereocenters. The van der Waals surface area contributed by atoms with E-state index in [-0.39, 0.29) is 4.90 Å². The van der Waals surface area contributed by atoms with Gasteiger partial charge in [-0.3, -0.25) is 4.79 Å². The number of halogens is 1. The number of hydrogen-bond acceptors (Lipinski definition) is 3. The molecule has 20 heavy (non-hydrogen) atoms. The molecule has 1 saturated carbocycles. The van der Waals surface area contributed by atoms with E-state index < -0.39 is 28.0 Å². The topological polar surface area (TPSA) is 83.5 Å². The molecule has 1 aliphatic carbocycles. The van der Waals surface area contributed by atoms with Crippen LogP contribution in [0.4, 0.5) is 0 Å². The monoisotopic (exact) mass is 361 g/mol. The van der Waals surface area contributed by atoms with Gasteiger partial charge in [-0.2, -0.15) is 0 Å². The highest BCUT2D eigenvalue weighted by atomic mass is 79.9. The fraction of sp³-hybridized carbons (Fsp3) is 0.462. The second kappa shape index (κ2) is 5.83. The van der Waals surface area contributed by atoms with Crippen LogP contribution < -0.4 is 4.72 Å². The summed E-state index contributed by atoms with van der Waals surface area (Å²) in [5.41, 5.74) is 0.630. The Morgan fingerprint density at radius 2 is 2.10 bits per heavy atom. The smallest absolute Gasteiger partial charge is 0.308 e. The van der Waals surface area contributed by atoms with Crippen molar-refractivity contribution in [2.24, 2.45) is 5.92 Å². The van der Waals surface area contributed by atoms with Crippen LogP contribution in [0.2, 0.25) is 0 Å². The lowest BCUT2D eigenvalue weighted by Gasteiger charge is -2.18. The maximum atomic E-state index is 12.4. The maximum Gasteiger partial charge on any atom is 0.308 e. The molecule has 5 nitrogen and oxygen atoms in total. The van der Waals surface area contributed by atoms with Crippen molar-refractivity contribution in [2.45, 2.75) is 37.1 Å². The fourth-order valence-electron chi connectivity index (χ4n) is 2.52. The Balaban J connectivity index is 2.27. The molecule has 1 fully saturated rings. The van der Waals surface area contributed by atoms with Gasteiger partial charge in [0.15, 0.2) is 0 Å². The molecule has 2 N–H and O–H groups in total. The number of benzene rings is 1. The summed E-state index contributed by atoms with van der Waals surface area (Å²) in [6.07, 6.45) is 1.80. The van der Waals surface area contributed by atoms with Crippen molar-refractivity contribution in [3.63, 3.8) is 0 Å². The summed E-state index contributed by atoms with van der Waals surface area (Å²) >= 11 is 3.25. The molecule has 0 spiro atoms. The number of nitrogens with one attached hydrogen (secondary N) is 1. The predicted octanol–water partition coefficient (Wildman–Crippen LogP) is 2.29. The zero-order valence-electron chi connectivity index (χ0n) is 11.0. The molecule has 1 aromatic rings. The first-order chi connectivity index (χ1) is 9.31. The van der Waals surface area contributed by atoms with Crippen molar-refractivity contribution < 1.29 is 18.3 Å². The number of carboxylic acids is 1. The Bertz CT molecular complexity index is 629. The van der Waals surface area contributed by atoms with Gasteiger partial charge in [-0.25, -0.2) is 13.1 Å². The van der Waals surface area contributed by atoms with Crippen LogP contribution in [-0.2, 0) is 14.8 Å². The Hall–Kier alpha value is -0.920. The van der Waals surface area contributed by atoms with Crippen molar-refractivity contribution in [2.75, 3.05) is 0 Å². The van der Waals surface area contributed by atoms with Gasteiger partial charge in [0.2, 0.25) is 10.0 Å². The van der Waals surface area contributed by atoms with E-state index in [0.29, 0.717) is 22.9 Å². The van der Waals surface area contributed by atoms with E-state index in [0.717, 1.165) is 6.42 Å². The lowest BCUT2D eigenvalue weighted by atomic mass is 10.1.